The molecular formula is C13H27NO. The fourth-order valence-corrected chi connectivity index (χ4v) is 1.99. The molecule has 0 radical (unpaired) electrons. The third kappa shape index (κ3) is 8.88. The fourth-order valence-electron chi connectivity index (χ4n) is 1.99. The van der Waals surface area contributed by atoms with Gasteiger partial charge in [-0.05, 0) is 19.4 Å². The zero-order valence-corrected chi connectivity index (χ0v) is 10.0. The zero-order chi connectivity index (χ0) is 10.8. The highest BCUT2D eigenvalue weighted by Gasteiger charge is 2.20. The summed E-state index contributed by atoms with van der Waals surface area (Å²) in [5.74, 6) is 0. The van der Waals surface area contributed by atoms with Crippen LogP contribution in [-0.2, 0) is 4.74 Å². The minimum Gasteiger partial charge on any atom is -0.373 e. The van der Waals surface area contributed by atoms with E-state index in [2.05, 4.69) is 0 Å². The molecule has 0 saturated carbocycles. The zero-order valence-electron chi connectivity index (χ0n) is 10.0. The lowest BCUT2D eigenvalue weighted by Crippen LogP contribution is -1.97. The van der Waals surface area contributed by atoms with E-state index in [0.29, 0.717) is 6.10 Å². The molecule has 2 nitrogen and oxygen atoms in total. The number of unbranched alkanes of at least 4 members (excludes halogenated alkanes) is 8. The summed E-state index contributed by atoms with van der Waals surface area (Å²) >= 11 is 0. The smallest absolute Gasteiger partial charge is 0.0810 e. The van der Waals surface area contributed by atoms with Gasteiger partial charge in [-0.2, -0.15) is 0 Å². The number of rotatable bonds is 11. The predicted octanol–water partition coefficient (Wildman–Crippen LogP) is 3.24. The molecule has 1 unspecified atom stereocenters. The van der Waals surface area contributed by atoms with Crippen molar-refractivity contribution in [2.75, 3.05) is 13.2 Å². The minimum absolute atomic E-state index is 0.640. The van der Waals surface area contributed by atoms with Crippen LogP contribution >= 0.6 is 0 Å². The van der Waals surface area contributed by atoms with E-state index in [0.717, 1.165) is 13.2 Å². The Labute approximate surface area is 94.6 Å². The average Bonchev–Trinajstić information content (AvgIpc) is 3.05. The molecule has 2 N–H and O–H groups in total. The second kappa shape index (κ2) is 9.17. The van der Waals surface area contributed by atoms with Crippen LogP contribution in [0.3, 0.4) is 0 Å². The normalized spacial score (nSPS) is 19.4. The van der Waals surface area contributed by atoms with Gasteiger partial charge in [0.25, 0.3) is 0 Å². The molecule has 1 saturated heterocycles. The van der Waals surface area contributed by atoms with Crippen molar-refractivity contribution in [1.82, 2.24) is 0 Å². The fraction of sp³-hybridized carbons (Fsp3) is 1.00. The second-order valence-electron chi connectivity index (χ2n) is 4.71. The van der Waals surface area contributed by atoms with Gasteiger partial charge in [0.1, 0.15) is 0 Å². The van der Waals surface area contributed by atoms with E-state index >= 15 is 0 Å². The molecule has 15 heavy (non-hydrogen) atoms. The van der Waals surface area contributed by atoms with E-state index in [-0.39, 0.29) is 0 Å². The highest BCUT2D eigenvalue weighted by molar-refractivity contribution is 4.68. The lowest BCUT2D eigenvalue weighted by atomic mass is 10.1. The van der Waals surface area contributed by atoms with Crippen LogP contribution in [0.15, 0.2) is 0 Å². The Hall–Kier alpha value is -0.0800. The summed E-state index contributed by atoms with van der Waals surface area (Å²) in [7, 11) is 0. The maximum atomic E-state index is 5.44. The van der Waals surface area contributed by atoms with Crippen molar-refractivity contribution in [2.24, 2.45) is 5.73 Å². The van der Waals surface area contributed by atoms with E-state index in [4.69, 9.17) is 10.5 Å². The van der Waals surface area contributed by atoms with Crippen molar-refractivity contribution in [3.63, 3.8) is 0 Å². The summed E-state index contributed by atoms with van der Waals surface area (Å²) in [5.41, 5.74) is 5.44. The molecule has 0 aromatic carbocycles. The van der Waals surface area contributed by atoms with Gasteiger partial charge in [-0.3, -0.25) is 0 Å². The lowest BCUT2D eigenvalue weighted by Gasteiger charge is -2.01. The van der Waals surface area contributed by atoms with E-state index in [1.165, 1.54) is 64.2 Å². The van der Waals surface area contributed by atoms with Crippen LogP contribution in [0, 0.1) is 0 Å². The third-order valence-electron chi connectivity index (χ3n) is 3.13. The maximum Gasteiger partial charge on any atom is 0.0810 e. The first kappa shape index (κ1) is 13.0. The molecule has 2 heteroatoms. The first-order chi connectivity index (χ1) is 7.43. The van der Waals surface area contributed by atoms with Crippen LogP contribution in [0.1, 0.15) is 64.2 Å². The van der Waals surface area contributed by atoms with Gasteiger partial charge < -0.3 is 10.5 Å². The van der Waals surface area contributed by atoms with Crippen molar-refractivity contribution in [2.45, 2.75) is 70.3 Å². The van der Waals surface area contributed by atoms with Crippen LogP contribution in [0.4, 0.5) is 0 Å². The summed E-state index contributed by atoms with van der Waals surface area (Å²) in [6.07, 6.45) is 14.3. The van der Waals surface area contributed by atoms with Crippen molar-refractivity contribution in [3.05, 3.63) is 0 Å². The highest BCUT2D eigenvalue weighted by Crippen LogP contribution is 2.18. The Morgan fingerprint density at radius 3 is 1.73 bits per heavy atom. The largest absolute Gasteiger partial charge is 0.373 e. The lowest BCUT2D eigenvalue weighted by molar-refractivity contribution is 0.387. The molecule has 0 aromatic heterocycles. The summed E-state index contributed by atoms with van der Waals surface area (Å²) in [5, 5.41) is 0. The van der Waals surface area contributed by atoms with Gasteiger partial charge in [0.05, 0.1) is 12.7 Å². The van der Waals surface area contributed by atoms with Gasteiger partial charge in [-0.15, -0.1) is 0 Å². The van der Waals surface area contributed by atoms with Crippen molar-refractivity contribution >= 4 is 0 Å². The van der Waals surface area contributed by atoms with Crippen LogP contribution in [0.2, 0.25) is 0 Å². The molecule has 1 aliphatic rings. The molecule has 0 aromatic rings. The van der Waals surface area contributed by atoms with Crippen molar-refractivity contribution in [1.29, 1.82) is 0 Å². The molecule has 1 atom stereocenters. The first-order valence-corrected chi connectivity index (χ1v) is 6.75. The first-order valence-electron chi connectivity index (χ1n) is 6.75. The SMILES string of the molecule is NCCCCCCCCCCCC1CO1. The monoisotopic (exact) mass is 213 g/mol. The number of epoxide rings is 1. The summed E-state index contributed by atoms with van der Waals surface area (Å²) in [4.78, 5) is 0. The molecule has 1 rings (SSSR count). The molecular weight excluding hydrogens is 186 g/mol. The van der Waals surface area contributed by atoms with E-state index in [9.17, 15) is 0 Å². The topological polar surface area (TPSA) is 38.5 Å². The molecule has 0 spiro atoms. The van der Waals surface area contributed by atoms with E-state index in [1.54, 1.807) is 0 Å². The molecule has 1 fully saturated rings. The summed E-state index contributed by atoms with van der Waals surface area (Å²) in [6.45, 7) is 1.89. The van der Waals surface area contributed by atoms with Gasteiger partial charge in [-0.1, -0.05) is 51.4 Å². The van der Waals surface area contributed by atoms with Gasteiger partial charge in [0.15, 0.2) is 0 Å². The van der Waals surface area contributed by atoms with Gasteiger partial charge >= 0.3 is 0 Å². The molecule has 90 valence electrons. The van der Waals surface area contributed by atoms with Crippen molar-refractivity contribution in [3.8, 4) is 0 Å². The quantitative estimate of drug-likeness (QED) is 0.422. The molecule has 0 aliphatic carbocycles. The Morgan fingerprint density at radius 1 is 0.800 bits per heavy atom. The van der Waals surface area contributed by atoms with Crippen LogP contribution in [0.5, 0.6) is 0 Å². The third-order valence-corrected chi connectivity index (χ3v) is 3.13. The minimum atomic E-state index is 0.640. The standard InChI is InChI=1S/C13H27NO/c14-11-9-7-5-3-1-2-4-6-8-10-13-12-15-13/h13H,1-12,14H2. The van der Waals surface area contributed by atoms with Crippen LogP contribution in [-0.4, -0.2) is 19.3 Å². The summed E-state index contributed by atoms with van der Waals surface area (Å²) < 4.78 is 5.18. The van der Waals surface area contributed by atoms with Crippen molar-refractivity contribution < 1.29 is 4.74 Å². The Morgan fingerprint density at radius 2 is 1.27 bits per heavy atom. The predicted molar refractivity (Wildman–Crippen MR) is 65.0 cm³/mol. The van der Waals surface area contributed by atoms with Gasteiger partial charge in [-0.25, -0.2) is 0 Å². The van der Waals surface area contributed by atoms with Crippen LogP contribution in [0.25, 0.3) is 0 Å². The Balaban J connectivity index is 1.62. The number of hydrogen-bond acceptors (Lipinski definition) is 2. The number of hydrogen-bond donors (Lipinski definition) is 1. The Bertz CT molecular complexity index is 134. The second-order valence-corrected chi connectivity index (χ2v) is 4.71. The number of ether oxygens (including phenoxy) is 1. The van der Waals surface area contributed by atoms with Crippen LogP contribution < -0.4 is 5.73 Å². The van der Waals surface area contributed by atoms with Gasteiger partial charge in [0.2, 0.25) is 0 Å². The molecule has 1 aliphatic heterocycles. The van der Waals surface area contributed by atoms with E-state index < -0.39 is 0 Å². The molecule has 0 bridgehead atoms. The maximum absolute atomic E-state index is 5.44. The highest BCUT2D eigenvalue weighted by atomic mass is 16.6. The van der Waals surface area contributed by atoms with Gasteiger partial charge in [0, 0.05) is 0 Å². The average molecular weight is 213 g/mol. The summed E-state index contributed by atoms with van der Waals surface area (Å²) in [6, 6.07) is 0. The molecule has 1 heterocycles. The van der Waals surface area contributed by atoms with E-state index in [1.807, 2.05) is 0 Å². The Kier molecular flexibility index (Phi) is 7.94. The molecule has 0 amide bonds. The number of nitrogens with two attached hydrogens (primary N) is 1.